The van der Waals surface area contributed by atoms with E-state index in [2.05, 4.69) is 21.2 Å². The monoisotopic (exact) mass is 332 g/mol. The number of hydrogen-bond acceptors (Lipinski definition) is 3. The van der Waals surface area contributed by atoms with Crippen LogP contribution < -0.4 is 5.32 Å². The highest BCUT2D eigenvalue weighted by atomic mass is 79.9. The van der Waals surface area contributed by atoms with Gasteiger partial charge in [0.1, 0.15) is 5.82 Å². The molecule has 1 atom stereocenters. The molecule has 104 valence electrons. The first-order valence-electron chi connectivity index (χ1n) is 5.67. The minimum atomic E-state index is -0.806. The second kappa shape index (κ2) is 6.60. The zero-order valence-corrected chi connectivity index (χ0v) is 12.1. The van der Waals surface area contributed by atoms with Crippen molar-refractivity contribution in [3.63, 3.8) is 0 Å². The zero-order chi connectivity index (χ0) is 14.6. The van der Waals surface area contributed by atoms with Crippen LogP contribution in [-0.4, -0.2) is 22.2 Å². The maximum Gasteiger partial charge on any atom is 0.273 e. The summed E-state index contributed by atoms with van der Waals surface area (Å²) in [6.07, 6.45) is 0. The Balaban J connectivity index is 2.96. The number of hydrogen-bond donors (Lipinski definition) is 1. The topological polar surface area (TPSA) is 72.2 Å². The van der Waals surface area contributed by atoms with Gasteiger partial charge in [0.15, 0.2) is 0 Å². The fourth-order valence-corrected chi connectivity index (χ4v) is 2.36. The third-order valence-corrected chi connectivity index (χ3v) is 3.34. The number of amides is 1. The number of nitro groups is 1. The Morgan fingerprint density at radius 3 is 2.58 bits per heavy atom. The van der Waals surface area contributed by atoms with Crippen LogP contribution in [0.25, 0.3) is 0 Å². The van der Waals surface area contributed by atoms with Crippen molar-refractivity contribution in [1.29, 1.82) is 0 Å². The smallest absolute Gasteiger partial charge is 0.273 e. The number of carbonyl (C=O) groups excluding carboxylic acids is 1. The minimum absolute atomic E-state index is 0.0571. The summed E-state index contributed by atoms with van der Waals surface area (Å²) in [5, 5.41) is 13.9. The van der Waals surface area contributed by atoms with Crippen molar-refractivity contribution in [2.24, 2.45) is 5.92 Å². The van der Waals surface area contributed by atoms with E-state index in [0.29, 0.717) is 5.33 Å². The maximum atomic E-state index is 13.2. The predicted molar refractivity (Wildman–Crippen MR) is 72.9 cm³/mol. The maximum absolute atomic E-state index is 13.2. The van der Waals surface area contributed by atoms with Crippen molar-refractivity contribution in [1.82, 2.24) is 5.32 Å². The van der Waals surface area contributed by atoms with Crippen molar-refractivity contribution in [3.05, 3.63) is 39.7 Å². The average Bonchev–Trinajstić information content (AvgIpc) is 2.34. The van der Waals surface area contributed by atoms with Crippen LogP contribution in [0, 0.1) is 21.8 Å². The van der Waals surface area contributed by atoms with Crippen molar-refractivity contribution >= 4 is 27.5 Å². The molecule has 0 spiro atoms. The van der Waals surface area contributed by atoms with Gasteiger partial charge in [-0.1, -0.05) is 29.8 Å². The Morgan fingerprint density at radius 2 is 2.11 bits per heavy atom. The summed E-state index contributed by atoms with van der Waals surface area (Å²) in [7, 11) is 0. The average molecular weight is 333 g/mol. The SMILES string of the molecule is CC(C)C(CBr)NC(=O)c1cc(F)cc([N+](=O)[O-])c1. The van der Waals surface area contributed by atoms with Gasteiger partial charge in [0.2, 0.25) is 0 Å². The summed E-state index contributed by atoms with van der Waals surface area (Å²) in [6, 6.07) is 2.69. The molecule has 1 aromatic carbocycles. The Bertz CT molecular complexity index is 494. The summed E-state index contributed by atoms with van der Waals surface area (Å²) in [6.45, 7) is 3.86. The molecule has 0 aliphatic carbocycles. The highest BCUT2D eigenvalue weighted by Gasteiger charge is 2.19. The summed E-state index contributed by atoms with van der Waals surface area (Å²) < 4.78 is 13.2. The van der Waals surface area contributed by atoms with E-state index in [4.69, 9.17) is 0 Å². The molecule has 1 rings (SSSR count). The van der Waals surface area contributed by atoms with E-state index in [1.807, 2.05) is 13.8 Å². The number of nitro benzene ring substituents is 1. The number of nitrogens with one attached hydrogen (secondary N) is 1. The van der Waals surface area contributed by atoms with Crippen LogP contribution in [0.4, 0.5) is 10.1 Å². The normalized spacial score (nSPS) is 12.3. The highest BCUT2D eigenvalue weighted by molar-refractivity contribution is 9.09. The molecule has 1 unspecified atom stereocenters. The van der Waals surface area contributed by atoms with Crippen molar-refractivity contribution in [3.8, 4) is 0 Å². The number of nitrogens with zero attached hydrogens (tertiary/aromatic N) is 1. The zero-order valence-electron chi connectivity index (χ0n) is 10.5. The fraction of sp³-hybridized carbons (Fsp3) is 0.417. The van der Waals surface area contributed by atoms with Crippen LogP contribution in [0.5, 0.6) is 0 Å². The molecule has 0 saturated heterocycles. The molecule has 1 aromatic rings. The molecule has 0 aliphatic rings. The van der Waals surface area contributed by atoms with Crippen molar-refractivity contribution in [2.45, 2.75) is 19.9 Å². The molecule has 0 radical (unpaired) electrons. The molecular formula is C12H14BrFN2O3. The van der Waals surface area contributed by atoms with Gasteiger partial charge in [-0.05, 0) is 12.0 Å². The van der Waals surface area contributed by atoms with Gasteiger partial charge in [-0.25, -0.2) is 4.39 Å². The molecular weight excluding hydrogens is 319 g/mol. The predicted octanol–water partition coefficient (Wildman–Crippen LogP) is 2.88. The first-order valence-corrected chi connectivity index (χ1v) is 6.79. The van der Waals surface area contributed by atoms with Gasteiger partial charge in [0.25, 0.3) is 11.6 Å². The molecule has 19 heavy (non-hydrogen) atoms. The molecule has 0 fully saturated rings. The van der Waals surface area contributed by atoms with Gasteiger partial charge in [0, 0.05) is 23.0 Å². The van der Waals surface area contributed by atoms with Crippen LogP contribution in [0.3, 0.4) is 0 Å². The standard InChI is InChI=1S/C12H14BrFN2O3/c1-7(2)11(6-13)15-12(17)8-3-9(14)5-10(4-8)16(18)19/h3-5,7,11H,6H2,1-2H3,(H,15,17). The first kappa shape index (κ1) is 15.6. The third kappa shape index (κ3) is 4.27. The van der Waals surface area contributed by atoms with Crippen LogP contribution in [-0.2, 0) is 0 Å². The number of rotatable bonds is 5. The summed E-state index contributed by atoms with van der Waals surface area (Å²) >= 11 is 3.27. The summed E-state index contributed by atoms with van der Waals surface area (Å²) in [5.74, 6) is -1.15. The quantitative estimate of drug-likeness (QED) is 0.512. The van der Waals surface area contributed by atoms with Crippen LogP contribution >= 0.6 is 15.9 Å². The Labute approximate surface area is 118 Å². The van der Waals surface area contributed by atoms with E-state index in [1.165, 1.54) is 0 Å². The number of non-ortho nitro benzene ring substituents is 1. The molecule has 0 saturated carbocycles. The van der Waals surface area contributed by atoms with Crippen molar-refractivity contribution in [2.75, 3.05) is 5.33 Å². The van der Waals surface area contributed by atoms with Gasteiger partial charge >= 0.3 is 0 Å². The van der Waals surface area contributed by atoms with E-state index in [0.717, 1.165) is 18.2 Å². The number of carbonyl (C=O) groups is 1. The molecule has 1 N–H and O–H groups in total. The van der Waals surface area contributed by atoms with Gasteiger partial charge in [-0.3, -0.25) is 14.9 Å². The molecule has 0 bridgehead atoms. The lowest BCUT2D eigenvalue weighted by molar-refractivity contribution is -0.385. The van der Waals surface area contributed by atoms with Gasteiger partial charge < -0.3 is 5.32 Å². The number of halogens is 2. The third-order valence-electron chi connectivity index (χ3n) is 2.64. The van der Waals surface area contributed by atoms with Crippen LogP contribution in [0.15, 0.2) is 18.2 Å². The van der Waals surface area contributed by atoms with E-state index >= 15 is 0 Å². The first-order chi connectivity index (χ1) is 8.85. The molecule has 0 heterocycles. The second-order valence-corrected chi connectivity index (χ2v) is 5.08. The lowest BCUT2D eigenvalue weighted by Gasteiger charge is -2.19. The van der Waals surface area contributed by atoms with E-state index < -0.39 is 22.3 Å². The Kier molecular flexibility index (Phi) is 5.41. The number of alkyl halides is 1. The fourth-order valence-electron chi connectivity index (χ4n) is 1.45. The molecule has 0 aliphatic heterocycles. The molecule has 1 amide bonds. The van der Waals surface area contributed by atoms with Gasteiger partial charge in [-0.2, -0.15) is 0 Å². The Hall–Kier alpha value is -1.50. The van der Waals surface area contributed by atoms with Crippen LogP contribution in [0.1, 0.15) is 24.2 Å². The molecule has 5 nitrogen and oxygen atoms in total. The van der Waals surface area contributed by atoms with Gasteiger partial charge in [-0.15, -0.1) is 0 Å². The largest absolute Gasteiger partial charge is 0.348 e. The van der Waals surface area contributed by atoms with E-state index in [1.54, 1.807) is 0 Å². The molecule has 7 heteroatoms. The lowest BCUT2D eigenvalue weighted by atomic mass is 10.1. The number of benzene rings is 1. The highest BCUT2D eigenvalue weighted by Crippen LogP contribution is 2.17. The second-order valence-electron chi connectivity index (χ2n) is 4.43. The molecule has 0 aromatic heterocycles. The summed E-state index contributed by atoms with van der Waals surface area (Å²) in [4.78, 5) is 21.8. The van der Waals surface area contributed by atoms with E-state index in [-0.39, 0.29) is 17.5 Å². The van der Waals surface area contributed by atoms with Crippen molar-refractivity contribution < 1.29 is 14.1 Å². The lowest BCUT2D eigenvalue weighted by Crippen LogP contribution is -2.39. The van der Waals surface area contributed by atoms with Gasteiger partial charge in [0.05, 0.1) is 11.0 Å². The Morgan fingerprint density at radius 1 is 1.47 bits per heavy atom. The van der Waals surface area contributed by atoms with E-state index in [9.17, 15) is 19.3 Å². The summed E-state index contributed by atoms with van der Waals surface area (Å²) in [5.41, 5.74) is -0.497. The van der Waals surface area contributed by atoms with Crippen LogP contribution in [0.2, 0.25) is 0 Å². The minimum Gasteiger partial charge on any atom is -0.348 e.